The molecule has 1 atom stereocenters. The van der Waals surface area contributed by atoms with Crippen LogP contribution in [-0.2, 0) is 9.53 Å². The van der Waals surface area contributed by atoms with E-state index in [0.717, 1.165) is 13.0 Å². The van der Waals surface area contributed by atoms with Crippen LogP contribution in [0.2, 0.25) is 0 Å². The Balaban J connectivity index is 2.46. The number of methoxy groups -OCH3 is 1. The SMILES string of the molecule is COC(=O)C1C=CNCC1. The molecule has 0 aromatic carbocycles. The fourth-order valence-corrected chi connectivity index (χ4v) is 0.950. The predicted molar refractivity (Wildman–Crippen MR) is 37.3 cm³/mol. The van der Waals surface area contributed by atoms with E-state index in [1.165, 1.54) is 7.11 Å². The van der Waals surface area contributed by atoms with Crippen LogP contribution >= 0.6 is 0 Å². The molecule has 1 aliphatic heterocycles. The van der Waals surface area contributed by atoms with Gasteiger partial charge < -0.3 is 10.1 Å². The minimum atomic E-state index is -0.141. The first-order valence-corrected chi connectivity index (χ1v) is 3.32. The van der Waals surface area contributed by atoms with Gasteiger partial charge in [-0.25, -0.2) is 0 Å². The third-order valence-corrected chi connectivity index (χ3v) is 1.55. The number of carbonyl (C=O) groups excluding carboxylic acids is 1. The average molecular weight is 141 g/mol. The molecule has 1 heterocycles. The van der Waals surface area contributed by atoms with E-state index in [4.69, 9.17) is 0 Å². The molecule has 0 amide bonds. The topological polar surface area (TPSA) is 38.3 Å². The summed E-state index contributed by atoms with van der Waals surface area (Å²) in [6.45, 7) is 0.857. The van der Waals surface area contributed by atoms with Crippen LogP contribution < -0.4 is 5.32 Å². The van der Waals surface area contributed by atoms with Gasteiger partial charge in [-0.1, -0.05) is 6.08 Å². The van der Waals surface area contributed by atoms with Gasteiger partial charge in [0.15, 0.2) is 0 Å². The highest BCUT2D eigenvalue weighted by Gasteiger charge is 2.16. The van der Waals surface area contributed by atoms with Crippen molar-refractivity contribution in [3.8, 4) is 0 Å². The normalized spacial score (nSPS) is 23.5. The molecule has 0 aromatic heterocycles. The predicted octanol–water partition coefficient (Wildman–Crippen LogP) is 0.283. The fourth-order valence-electron chi connectivity index (χ4n) is 0.950. The van der Waals surface area contributed by atoms with Crippen LogP contribution in [0.1, 0.15) is 6.42 Å². The molecule has 0 saturated heterocycles. The minimum Gasteiger partial charge on any atom is -0.469 e. The van der Waals surface area contributed by atoms with E-state index in [1.807, 2.05) is 6.08 Å². The highest BCUT2D eigenvalue weighted by molar-refractivity contribution is 5.74. The third kappa shape index (κ3) is 1.50. The van der Waals surface area contributed by atoms with Crippen LogP contribution in [0.5, 0.6) is 0 Å². The molecule has 1 rings (SSSR count). The first kappa shape index (κ1) is 7.12. The van der Waals surface area contributed by atoms with Gasteiger partial charge >= 0.3 is 5.97 Å². The summed E-state index contributed by atoms with van der Waals surface area (Å²) in [4.78, 5) is 10.9. The van der Waals surface area contributed by atoms with Gasteiger partial charge in [-0.05, 0) is 12.6 Å². The third-order valence-electron chi connectivity index (χ3n) is 1.55. The summed E-state index contributed by atoms with van der Waals surface area (Å²) in [5.41, 5.74) is 0. The molecule has 1 N–H and O–H groups in total. The number of ether oxygens (including phenoxy) is 1. The molecule has 0 radical (unpaired) electrons. The van der Waals surface area contributed by atoms with Crippen molar-refractivity contribution in [1.82, 2.24) is 5.32 Å². The molecule has 0 aliphatic carbocycles. The molecular formula is C7H11NO2. The van der Waals surface area contributed by atoms with E-state index in [1.54, 1.807) is 6.20 Å². The fraction of sp³-hybridized carbons (Fsp3) is 0.571. The largest absolute Gasteiger partial charge is 0.469 e. The summed E-state index contributed by atoms with van der Waals surface area (Å²) in [7, 11) is 1.41. The van der Waals surface area contributed by atoms with Crippen molar-refractivity contribution < 1.29 is 9.53 Å². The van der Waals surface area contributed by atoms with E-state index >= 15 is 0 Å². The number of hydrogen-bond acceptors (Lipinski definition) is 3. The van der Waals surface area contributed by atoms with Crippen molar-refractivity contribution in [3.63, 3.8) is 0 Å². The van der Waals surface area contributed by atoms with Crippen LogP contribution in [0.4, 0.5) is 0 Å². The summed E-state index contributed by atoms with van der Waals surface area (Å²) >= 11 is 0. The Morgan fingerprint density at radius 3 is 3.10 bits per heavy atom. The molecule has 0 fully saturated rings. The number of carbonyl (C=O) groups is 1. The lowest BCUT2D eigenvalue weighted by Gasteiger charge is -2.14. The second kappa shape index (κ2) is 3.25. The summed E-state index contributed by atoms with van der Waals surface area (Å²) in [6.07, 6.45) is 4.46. The number of nitrogens with one attached hydrogen (secondary N) is 1. The van der Waals surface area contributed by atoms with Crippen LogP contribution in [0.3, 0.4) is 0 Å². The lowest BCUT2D eigenvalue weighted by Crippen LogP contribution is -2.23. The maximum Gasteiger partial charge on any atom is 0.312 e. The Morgan fingerprint density at radius 2 is 2.60 bits per heavy atom. The monoisotopic (exact) mass is 141 g/mol. The highest BCUT2D eigenvalue weighted by Crippen LogP contribution is 2.08. The Labute approximate surface area is 60.1 Å². The van der Waals surface area contributed by atoms with Gasteiger partial charge in [-0.2, -0.15) is 0 Å². The summed E-state index contributed by atoms with van der Waals surface area (Å²) in [5, 5.41) is 3.01. The Morgan fingerprint density at radius 1 is 1.80 bits per heavy atom. The molecular weight excluding hydrogens is 130 g/mol. The van der Waals surface area contributed by atoms with Gasteiger partial charge in [-0.15, -0.1) is 0 Å². The Hall–Kier alpha value is -0.990. The van der Waals surface area contributed by atoms with E-state index in [2.05, 4.69) is 10.1 Å². The van der Waals surface area contributed by atoms with E-state index in [-0.39, 0.29) is 11.9 Å². The smallest absolute Gasteiger partial charge is 0.312 e. The van der Waals surface area contributed by atoms with Gasteiger partial charge in [0, 0.05) is 6.54 Å². The van der Waals surface area contributed by atoms with Crippen molar-refractivity contribution in [1.29, 1.82) is 0 Å². The van der Waals surface area contributed by atoms with E-state index in [0.29, 0.717) is 0 Å². The lowest BCUT2D eigenvalue weighted by molar-refractivity contribution is -0.144. The average Bonchev–Trinajstić information content (AvgIpc) is 2.05. The molecule has 3 heteroatoms. The van der Waals surface area contributed by atoms with Crippen molar-refractivity contribution in [2.45, 2.75) is 6.42 Å². The lowest BCUT2D eigenvalue weighted by atomic mass is 10.0. The van der Waals surface area contributed by atoms with E-state index in [9.17, 15) is 4.79 Å². The number of hydrogen-bond donors (Lipinski definition) is 1. The van der Waals surface area contributed by atoms with Gasteiger partial charge in [0.05, 0.1) is 13.0 Å². The summed E-state index contributed by atoms with van der Waals surface area (Å²) in [6, 6.07) is 0. The summed E-state index contributed by atoms with van der Waals surface area (Å²) in [5.74, 6) is -0.177. The van der Waals surface area contributed by atoms with Gasteiger partial charge in [0.25, 0.3) is 0 Å². The molecule has 0 aromatic rings. The van der Waals surface area contributed by atoms with Gasteiger partial charge in [-0.3, -0.25) is 4.79 Å². The zero-order valence-electron chi connectivity index (χ0n) is 5.96. The van der Waals surface area contributed by atoms with Crippen LogP contribution in [0.15, 0.2) is 12.3 Å². The standard InChI is InChI=1S/C7H11NO2/c1-10-7(9)6-2-4-8-5-3-6/h2,4,6,8H,3,5H2,1H3. The second-order valence-corrected chi connectivity index (χ2v) is 2.23. The number of rotatable bonds is 1. The number of esters is 1. The Bertz CT molecular complexity index is 154. The first-order chi connectivity index (χ1) is 4.84. The van der Waals surface area contributed by atoms with Gasteiger partial charge in [0.2, 0.25) is 0 Å². The zero-order valence-corrected chi connectivity index (χ0v) is 5.96. The quantitative estimate of drug-likeness (QED) is 0.533. The molecule has 0 bridgehead atoms. The highest BCUT2D eigenvalue weighted by atomic mass is 16.5. The van der Waals surface area contributed by atoms with E-state index < -0.39 is 0 Å². The zero-order chi connectivity index (χ0) is 7.40. The van der Waals surface area contributed by atoms with Crippen molar-refractivity contribution >= 4 is 5.97 Å². The molecule has 3 nitrogen and oxygen atoms in total. The van der Waals surface area contributed by atoms with Crippen molar-refractivity contribution in [3.05, 3.63) is 12.3 Å². The van der Waals surface area contributed by atoms with Crippen molar-refractivity contribution in [2.24, 2.45) is 5.92 Å². The molecule has 56 valence electrons. The van der Waals surface area contributed by atoms with Crippen LogP contribution in [-0.4, -0.2) is 19.6 Å². The summed E-state index contributed by atoms with van der Waals surface area (Å²) < 4.78 is 4.57. The van der Waals surface area contributed by atoms with Gasteiger partial charge in [0.1, 0.15) is 0 Å². The minimum absolute atomic E-state index is 0.0359. The van der Waals surface area contributed by atoms with Crippen LogP contribution in [0.25, 0.3) is 0 Å². The Kier molecular flexibility index (Phi) is 2.31. The maximum absolute atomic E-state index is 10.9. The second-order valence-electron chi connectivity index (χ2n) is 2.23. The van der Waals surface area contributed by atoms with Crippen LogP contribution in [0, 0.1) is 5.92 Å². The first-order valence-electron chi connectivity index (χ1n) is 3.32. The molecule has 0 spiro atoms. The maximum atomic E-state index is 10.9. The molecule has 0 saturated carbocycles. The molecule has 1 unspecified atom stereocenters. The molecule has 10 heavy (non-hydrogen) atoms. The molecule has 1 aliphatic rings. The van der Waals surface area contributed by atoms with Crippen molar-refractivity contribution in [2.75, 3.05) is 13.7 Å².